The van der Waals surface area contributed by atoms with Crippen LogP contribution < -0.4 is 16.0 Å². The fourth-order valence-corrected chi connectivity index (χ4v) is 4.09. The Balaban J connectivity index is 1.64. The third-order valence-electron chi connectivity index (χ3n) is 5.69. The quantitative estimate of drug-likeness (QED) is 0.481. The van der Waals surface area contributed by atoms with E-state index in [-0.39, 0.29) is 11.8 Å². The van der Waals surface area contributed by atoms with Gasteiger partial charge in [-0.05, 0) is 24.5 Å². The van der Waals surface area contributed by atoms with Gasteiger partial charge in [0.2, 0.25) is 5.91 Å². The molecule has 1 amide bonds. The van der Waals surface area contributed by atoms with Crippen molar-refractivity contribution in [2.75, 3.05) is 51.3 Å². The molecule has 7 nitrogen and oxygen atoms in total. The molecule has 0 radical (unpaired) electrons. The molecule has 7 heteroatoms. The van der Waals surface area contributed by atoms with Crippen molar-refractivity contribution in [2.24, 2.45) is 10.9 Å². The number of guanidine groups is 1. The van der Waals surface area contributed by atoms with Crippen molar-refractivity contribution >= 4 is 17.6 Å². The van der Waals surface area contributed by atoms with Gasteiger partial charge in [0.05, 0.1) is 19.8 Å². The molecule has 2 unspecified atom stereocenters. The molecular formula is C22H35N5O2. The standard InChI is InChI=1S/C22H35N5O2/c1-4-23-22(25-15-20(16(2)3)27-9-11-29-12-10-27)24-14-17-13-21(28)26-19-8-6-5-7-18(17)19/h5-8,16-17,20H,4,9-15H2,1-3H3,(H,26,28)(H2,23,24,25). The minimum Gasteiger partial charge on any atom is -0.379 e. The first-order valence-corrected chi connectivity index (χ1v) is 10.8. The van der Waals surface area contributed by atoms with Crippen LogP contribution in [0.15, 0.2) is 29.3 Å². The van der Waals surface area contributed by atoms with E-state index in [2.05, 4.69) is 47.7 Å². The number of nitrogens with zero attached hydrogens (tertiary/aromatic N) is 2. The molecular weight excluding hydrogens is 366 g/mol. The average molecular weight is 402 g/mol. The number of fused-ring (bicyclic) bond motifs is 1. The number of nitrogens with one attached hydrogen (secondary N) is 3. The molecule has 160 valence electrons. The number of ether oxygens (including phenoxy) is 1. The molecule has 2 aliphatic heterocycles. The molecule has 1 saturated heterocycles. The van der Waals surface area contributed by atoms with Crippen molar-refractivity contribution in [1.29, 1.82) is 0 Å². The van der Waals surface area contributed by atoms with E-state index in [1.807, 2.05) is 18.2 Å². The molecule has 29 heavy (non-hydrogen) atoms. The summed E-state index contributed by atoms with van der Waals surface area (Å²) in [4.78, 5) is 19.4. The van der Waals surface area contributed by atoms with Crippen molar-refractivity contribution in [3.05, 3.63) is 29.8 Å². The predicted octanol–water partition coefficient (Wildman–Crippen LogP) is 2.02. The SMILES string of the molecule is CCNC(=NCC(C(C)C)N1CCOCC1)NCC1CC(=O)Nc2ccccc21. The summed E-state index contributed by atoms with van der Waals surface area (Å²) >= 11 is 0. The lowest BCUT2D eigenvalue weighted by Gasteiger charge is -2.36. The Morgan fingerprint density at radius 1 is 1.28 bits per heavy atom. The molecule has 1 aromatic carbocycles. The minimum atomic E-state index is 0.0737. The van der Waals surface area contributed by atoms with Gasteiger partial charge in [0.15, 0.2) is 5.96 Å². The maximum Gasteiger partial charge on any atom is 0.225 e. The summed E-state index contributed by atoms with van der Waals surface area (Å²) in [7, 11) is 0. The molecule has 0 saturated carbocycles. The number of rotatable bonds is 7. The van der Waals surface area contributed by atoms with E-state index in [1.165, 1.54) is 5.56 Å². The van der Waals surface area contributed by atoms with Crippen molar-refractivity contribution in [3.8, 4) is 0 Å². The van der Waals surface area contributed by atoms with Gasteiger partial charge in [-0.1, -0.05) is 32.0 Å². The Kier molecular flexibility index (Phi) is 7.89. The zero-order valence-corrected chi connectivity index (χ0v) is 17.9. The van der Waals surface area contributed by atoms with Crippen molar-refractivity contribution < 1.29 is 9.53 Å². The normalized spacial score (nSPS) is 21.4. The number of hydrogen-bond acceptors (Lipinski definition) is 4. The zero-order chi connectivity index (χ0) is 20.6. The summed E-state index contributed by atoms with van der Waals surface area (Å²) in [5, 5.41) is 9.78. The molecule has 0 spiro atoms. The highest BCUT2D eigenvalue weighted by Gasteiger charge is 2.26. The molecule has 0 aliphatic carbocycles. The number of para-hydroxylation sites is 1. The first-order chi connectivity index (χ1) is 14.1. The summed E-state index contributed by atoms with van der Waals surface area (Å²) in [6, 6.07) is 8.44. The monoisotopic (exact) mass is 401 g/mol. The smallest absolute Gasteiger partial charge is 0.225 e. The van der Waals surface area contributed by atoms with E-state index in [4.69, 9.17) is 9.73 Å². The maximum atomic E-state index is 12.1. The molecule has 1 aromatic rings. The van der Waals surface area contributed by atoms with Crippen LogP contribution in [0, 0.1) is 5.92 Å². The van der Waals surface area contributed by atoms with Gasteiger partial charge in [-0.3, -0.25) is 14.7 Å². The van der Waals surface area contributed by atoms with Crippen LogP contribution in [0.1, 0.15) is 38.7 Å². The fourth-order valence-electron chi connectivity index (χ4n) is 4.09. The van der Waals surface area contributed by atoms with Gasteiger partial charge < -0.3 is 20.7 Å². The third-order valence-corrected chi connectivity index (χ3v) is 5.69. The summed E-state index contributed by atoms with van der Waals surface area (Å²) < 4.78 is 5.50. The van der Waals surface area contributed by atoms with Crippen LogP contribution in [0.5, 0.6) is 0 Å². The number of aliphatic imine (C=N–C) groups is 1. The zero-order valence-electron chi connectivity index (χ0n) is 17.9. The summed E-state index contributed by atoms with van der Waals surface area (Å²) in [6.45, 7) is 12.4. The van der Waals surface area contributed by atoms with Gasteiger partial charge >= 0.3 is 0 Å². The minimum absolute atomic E-state index is 0.0737. The van der Waals surface area contributed by atoms with Crippen molar-refractivity contribution in [1.82, 2.24) is 15.5 Å². The summed E-state index contributed by atoms with van der Waals surface area (Å²) in [5.74, 6) is 1.55. The third kappa shape index (κ3) is 5.93. The fraction of sp³-hybridized carbons (Fsp3) is 0.636. The number of morpholine rings is 1. The molecule has 3 N–H and O–H groups in total. The Morgan fingerprint density at radius 3 is 2.76 bits per heavy atom. The lowest BCUT2D eigenvalue weighted by Crippen LogP contribution is -2.48. The largest absolute Gasteiger partial charge is 0.379 e. The highest BCUT2D eigenvalue weighted by molar-refractivity contribution is 5.94. The van der Waals surface area contributed by atoms with Crippen LogP contribution in [0.4, 0.5) is 5.69 Å². The Hall–Kier alpha value is -2.12. The average Bonchev–Trinajstić information content (AvgIpc) is 2.72. The second-order valence-electron chi connectivity index (χ2n) is 8.10. The van der Waals surface area contributed by atoms with Gasteiger partial charge in [0.1, 0.15) is 0 Å². The second kappa shape index (κ2) is 10.6. The summed E-state index contributed by atoms with van der Waals surface area (Å²) in [5.41, 5.74) is 2.11. The number of anilines is 1. The van der Waals surface area contributed by atoms with Gasteiger partial charge in [0, 0.05) is 50.2 Å². The van der Waals surface area contributed by atoms with Gasteiger partial charge in [0.25, 0.3) is 0 Å². The molecule has 1 fully saturated rings. The number of carbonyl (C=O) groups excluding carboxylic acids is 1. The molecule has 2 heterocycles. The van der Waals surface area contributed by atoms with Gasteiger partial charge in [-0.15, -0.1) is 0 Å². The first kappa shape index (κ1) is 21.6. The number of amides is 1. The van der Waals surface area contributed by atoms with E-state index >= 15 is 0 Å². The van der Waals surface area contributed by atoms with Crippen LogP contribution in [-0.4, -0.2) is 68.7 Å². The Bertz CT molecular complexity index is 700. The first-order valence-electron chi connectivity index (χ1n) is 10.8. The summed E-state index contributed by atoms with van der Waals surface area (Å²) in [6.07, 6.45) is 0.492. The Morgan fingerprint density at radius 2 is 2.03 bits per heavy atom. The van der Waals surface area contributed by atoms with E-state index in [0.29, 0.717) is 24.9 Å². The van der Waals surface area contributed by atoms with E-state index in [1.54, 1.807) is 0 Å². The molecule has 0 aromatic heterocycles. The van der Waals surface area contributed by atoms with Crippen LogP contribution in [-0.2, 0) is 9.53 Å². The predicted molar refractivity (Wildman–Crippen MR) is 117 cm³/mol. The van der Waals surface area contributed by atoms with E-state index in [0.717, 1.165) is 51.0 Å². The highest BCUT2D eigenvalue weighted by atomic mass is 16.5. The molecule has 3 rings (SSSR count). The van der Waals surface area contributed by atoms with Crippen LogP contribution in [0.25, 0.3) is 0 Å². The Labute approximate surface area is 174 Å². The molecule has 2 aliphatic rings. The maximum absolute atomic E-state index is 12.1. The van der Waals surface area contributed by atoms with E-state index in [9.17, 15) is 4.79 Å². The molecule has 0 bridgehead atoms. The lowest BCUT2D eigenvalue weighted by molar-refractivity contribution is -0.116. The number of benzene rings is 1. The van der Waals surface area contributed by atoms with Crippen molar-refractivity contribution in [2.45, 2.75) is 39.2 Å². The topological polar surface area (TPSA) is 78.0 Å². The lowest BCUT2D eigenvalue weighted by atomic mass is 9.90. The van der Waals surface area contributed by atoms with Crippen LogP contribution in [0.2, 0.25) is 0 Å². The van der Waals surface area contributed by atoms with Gasteiger partial charge in [-0.2, -0.15) is 0 Å². The van der Waals surface area contributed by atoms with Crippen LogP contribution >= 0.6 is 0 Å². The second-order valence-corrected chi connectivity index (χ2v) is 8.10. The van der Waals surface area contributed by atoms with E-state index < -0.39 is 0 Å². The highest BCUT2D eigenvalue weighted by Crippen LogP contribution is 2.31. The van der Waals surface area contributed by atoms with Gasteiger partial charge in [-0.25, -0.2) is 0 Å². The van der Waals surface area contributed by atoms with Crippen molar-refractivity contribution in [3.63, 3.8) is 0 Å². The molecule has 2 atom stereocenters. The van der Waals surface area contributed by atoms with Crippen LogP contribution in [0.3, 0.4) is 0 Å². The number of carbonyl (C=O) groups is 1. The number of hydrogen-bond donors (Lipinski definition) is 3.